The van der Waals surface area contributed by atoms with E-state index in [1.165, 1.54) is 0 Å². The highest BCUT2D eigenvalue weighted by Crippen LogP contribution is 2.21. The predicted octanol–water partition coefficient (Wildman–Crippen LogP) is 1.28. The molecule has 7 nitrogen and oxygen atoms in total. The maximum Gasteiger partial charge on any atom is 0.173 e. The second-order valence-corrected chi connectivity index (χ2v) is 4.77. The second-order valence-electron chi connectivity index (χ2n) is 4.77. The molecule has 0 fully saturated rings. The van der Waals surface area contributed by atoms with Crippen LogP contribution in [0.5, 0.6) is 5.75 Å². The molecule has 1 aromatic carbocycles. The van der Waals surface area contributed by atoms with Gasteiger partial charge in [0.2, 0.25) is 0 Å². The molecular weight excluding hydrogens is 270 g/mol. The van der Waals surface area contributed by atoms with Crippen LogP contribution in [0.25, 0.3) is 5.69 Å². The third-order valence-corrected chi connectivity index (χ3v) is 3.27. The summed E-state index contributed by atoms with van der Waals surface area (Å²) in [7, 11) is 3.33. The fraction of sp³-hybridized carbons (Fsp3) is 0.500. The molecule has 0 radical (unpaired) electrons. The molecule has 0 amide bonds. The highest BCUT2D eigenvalue weighted by Gasteiger charge is 2.16. The van der Waals surface area contributed by atoms with Crippen molar-refractivity contribution in [1.82, 2.24) is 25.5 Å². The smallest absolute Gasteiger partial charge is 0.173 e. The lowest BCUT2D eigenvalue weighted by Crippen LogP contribution is -2.25. The predicted molar refractivity (Wildman–Crippen MR) is 78.7 cm³/mol. The maximum atomic E-state index is 5.22. The van der Waals surface area contributed by atoms with Crippen LogP contribution in [-0.2, 0) is 4.74 Å². The van der Waals surface area contributed by atoms with E-state index >= 15 is 0 Å². The van der Waals surface area contributed by atoms with Crippen LogP contribution in [0.4, 0.5) is 0 Å². The Balaban J connectivity index is 2.23. The van der Waals surface area contributed by atoms with Gasteiger partial charge in [0.15, 0.2) is 5.82 Å². The molecule has 2 aromatic rings. The number of nitrogens with zero attached hydrogens (tertiary/aromatic N) is 4. The first kappa shape index (κ1) is 15.4. The van der Waals surface area contributed by atoms with E-state index in [-0.39, 0.29) is 6.04 Å². The Morgan fingerprint density at radius 1 is 1.33 bits per heavy atom. The zero-order chi connectivity index (χ0) is 15.2. The van der Waals surface area contributed by atoms with Gasteiger partial charge in [-0.1, -0.05) is 0 Å². The minimum Gasteiger partial charge on any atom is -0.497 e. The second kappa shape index (κ2) is 7.14. The van der Waals surface area contributed by atoms with Crippen LogP contribution in [0.1, 0.15) is 24.4 Å². The Kier molecular flexibility index (Phi) is 5.24. The third-order valence-electron chi connectivity index (χ3n) is 3.27. The Bertz CT molecular complexity index is 584. The summed E-state index contributed by atoms with van der Waals surface area (Å²) in [4.78, 5) is 0. The van der Waals surface area contributed by atoms with Gasteiger partial charge in [-0.25, -0.2) is 0 Å². The largest absolute Gasteiger partial charge is 0.497 e. The van der Waals surface area contributed by atoms with E-state index in [4.69, 9.17) is 9.47 Å². The molecular formula is C14H21N5O2. The van der Waals surface area contributed by atoms with E-state index in [0.717, 1.165) is 29.4 Å². The van der Waals surface area contributed by atoms with Crippen LogP contribution in [0.3, 0.4) is 0 Å². The number of tetrazole rings is 1. The molecule has 0 aliphatic carbocycles. The van der Waals surface area contributed by atoms with Gasteiger partial charge in [-0.05, 0) is 48.0 Å². The van der Waals surface area contributed by atoms with Crippen LogP contribution in [0, 0.1) is 6.92 Å². The summed E-state index contributed by atoms with van der Waals surface area (Å²) in [6, 6.07) is 5.84. The molecule has 0 bridgehead atoms. The van der Waals surface area contributed by atoms with Crippen molar-refractivity contribution in [2.45, 2.75) is 19.9 Å². The van der Waals surface area contributed by atoms with Crippen LogP contribution in [0.15, 0.2) is 18.2 Å². The molecule has 0 saturated carbocycles. The highest BCUT2D eigenvalue weighted by atomic mass is 16.5. The number of hydrogen-bond donors (Lipinski definition) is 1. The zero-order valence-electron chi connectivity index (χ0n) is 12.8. The number of aryl methyl sites for hydroxylation is 1. The van der Waals surface area contributed by atoms with Crippen LogP contribution >= 0.6 is 0 Å². The van der Waals surface area contributed by atoms with Gasteiger partial charge in [0.1, 0.15) is 5.75 Å². The van der Waals surface area contributed by atoms with Crippen molar-refractivity contribution in [3.63, 3.8) is 0 Å². The molecule has 0 aliphatic rings. The van der Waals surface area contributed by atoms with Gasteiger partial charge in [0.05, 0.1) is 25.4 Å². The van der Waals surface area contributed by atoms with E-state index in [9.17, 15) is 0 Å². The zero-order valence-corrected chi connectivity index (χ0v) is 12.8. The highest BCUT2D eigenvalue weighted by molar-refractivity contribution is 5.44. The Hall–Kier alpha value is -1.99. The maximum absolute atomic E-state index is 5.22. The monoisotopic (exact) mass is 291 g/mol. The van der Waals surface area contributed by atoms with Crippen molar-refractivity contribution in [3.05, 3.63) is 29.6 Å². The summed E-state index contributed by atoms with van der Waals surface area (Å²) < 4.78 is 12.0. The van der Waals surface area contributed by atoms with Crippen molar-refractivity contribution < 1.29 is 9.47 Å². The lowest BCUT2D eigenvalue weighted by molar-refractivity contribution is 0.196. The van der Waals surface area contributed by atoms with E-state index in [1.54, 1.807) is 18.9 Å². The van der Waals surface area contributed by atoms with Gasteiger partial charge in [-0.2, -0.15) is 4.68 Å². The van der Waals surface area contributed by atoms with Gasteiger partial charge < -0.3 is 14.8 Å². The number of aromatic nitrogens is 4. The average molecular weight is 291 g/mol. The molecule has 1 heterocycles. The van der Waals surface area contributed by atoms with Gasteiger partial charge in [0, 0.05) is 13.7 Å². The van der Waals surface area contributed by atoms with Gasteiger partial charge >= 0.3 is 0 Å². The van der Waals surface area contributed by atoms with Crippen LogP contribution in [-0.4, -0.2) is 47.6 Å². The number of ether oxygens (including phenoxy) is 2. The van der Waals surface area contributed by atoms with E-state index in [0.29, 0.717) is 6.61 Å². The summed E-state index contributed by atoms with van der Waals surface area (Å²) in [6.45, 7) is 5.42. The molecule has 21 heavy (non-hydrogen) atoms. The first-order valence-electron chi connectivity index (χ1n) is 6.83. The van der Waals surface area contributed by atoms with Crippen molar-refractivity contribution >= 4 is 0 Å². The fourth-order valence-electron chi connectivity index (χ4n) is 2.10. The Morgan fingerprint density at radius 3 is 2.81 bits per heavy atom. The molecule has 1 atom stereocenters. The standard InChI is InChI=1S/C14H21N5O2/c1-10-9-12(21-4)5-6-13(10)19-14(16-17-18-19)11(2)15-7-8-20-3/h5-6,9,11,15H,7-8H2,1-4H3. The van der Waals surface area contributed by atoms with Gasteiger partial charge in [-0.15, -0.1) is 5.10 Å². The lowest BCUT2D eigenvalue weighted by atomic mass is 10.2. The molecule has 114 valence electrons. The average Bonchev–Trinajstić information content (AvgIpc) is 2.96. The van der Waals surface area contributed by atoms with E-state index in [1.807, 2.05) is 32.0 Å². The number of nitrogens with one attached hydrogen (secondary N) is 1. The summed E-state index contributed by atoms with van der Waals surface area (Å²) in [5, 5.41) is 15.3. The van der Waals surface area contributed by atoms with Crippen molar-refractivity contribution in [3.8, 4) is 11.4 Å². The number of benzene rings is 1. The molecule has 0 aliphatic heterocycles. The molecule has 1 N–H and O–H groups in total. The van der Waals surface area contributed by atoms with Crippen LogP contribution < -0.4 is 10.1 Å². The SMILES string of the molecule is COCCNC(C)c1nnnn1-c1ccc(OC)cc1C. The summed E-state index contributed by atoms with van der Waals surface area (Å²) >= 11 is 0. The normalized spacial score (nSPS) is 12.4. The van der Waals surface area contributed by atoms with Gasteiger partial charge in [-0.3, -0.25) is 0 Å². The first-order valence-corrected chi connectivity index (χ1v) is 6.83. The number of methoxy groups -OCH3 is 2. The fourth-order valence-corrected chi connectivity index (χ4v) is 2.10. The van der Waals surface area contributed by atoms with E-state index < -0.39 is 0 Å². The third kappa shape index (κ3) is 3.56. The van der Waals surface area contributed by atoms with E-state index in [2.05, 4.69) is 20.8 Å². The summed E-state index contributed by atoms with van der Waals surface area (Å²) in [5.41, 5.74) is 1.99. The quantitative estimate of drug-likeness (QED) is 0.775. The molecule has 1 unspecified atom stereocenters. The summed E-state index contributed by atoms with van der Waals surface area (Å²) in [6.07, 6.45) is 0. The van der Waals surface area contributed by atoms with Crippen LogP contribution in [0.2, 0.25) is 0 Å². The molecule has 0 spiro atoms. The lowest BCUT2D eigenvalue weighted by Gasteiger charge is -2.14. The Morgan fingerprint density at radius 2 is 2.14 bits per heavy atom. The topological polar surface area (TPSA) is 74.1 Å². The molecule has 7 heteroatoms. The molecule has 0 saturated heterocycles. The number of hydrogen-bond acceptors (Lipinski definition) is 6. The summed E-state index contributed by atoms with van der Waals surface area (Å²) in [5.74, 6) is 1.58. The van der Waals surface area contributed by atoms with Crippen molar-refractivity contribution in [2.24, 2.45) is 0 Å². The number of rotatable bonds is 7. The van der Waals surface area contributed by atoms with Gasteiger partial charge in [0.25, 0.3) is 0 Å². The Labute approximate surface area is 124 Å². The first-order chi connectivity index (χ1) is 10.2. The van der Waals surface area contributed by atoms with Crippen molar-refractivity contribution in [2.75, 3.05) is 27.4 Å². The minimum absolute atomic E-state index is 0.0247. The minimum atomic E-state index is 0.0247. The van der Waals surface area contributed by atoms with Crippen molar-refractivity contribution in [1.29, 1.82) is 0 Å². The molecule has 2 rings (SSSR count). The molecule has 1 aromatic heterocycles.